The van der Waals surface area contributed by atoms with Gasteiger partial charge >= 0.3 is 0 Å². The first-order chi connectivity index (χ1) is 8.91. The van der Waals surface area contributed by atoms with Crippen LogP contribution in [-0.4, -0.2) is 29.0 Å². The Hall–Kier alpha value is -0.870. The average molecular weight is 267 g/mol. The molecule has 1 aromatic heterocycles. The molecule has 1 N–H and O–H groups in total. The van der Waals surface area contributed by atoms with Gasteiger partial charge in [-0.15, -0.1) is 0 Å². The Morgan fingerprint density at radius 1 is 1.21 bits per heavy atom. The van der Waals surface area contributed by atoms with Gasteiger partial charge < -0.3 is 10.1 Å². The molecule has 0 fully saturated rings. The van der Waals surface area contributed by atoms with E-state index in [9.17, 15) is 0 Å². The van der Waals surface area contributed by atoms with Crippen molar-refractivity contribution in [1.82, 2.24) is 15.1 Å². The number of hydrogen-bond donors (Lipinski definition) is 1. The molecule has 0 aliphatic heterocycles. The maximum atomic E-state index is 5.59. The lowest BCUT2D eigenvalue weighted by atomic mass is 10.2. The summed E-state index contributed by atoms with van der Waals surface area (Å²) in [5.41, 5.74) is 3.70. The standard InChI is InChI=1S/C15H29N3O/c1-11(2)9-16-10-15-13(5)17-18(14(15)6)7-8-19-12(3)4/h11-12,16H,7-10H2,1-6H3. The van der Waals surface area contributed by atoms with Gasteiger partial charge in [0.25, 0.3) is 0 Å². The average Bonchev–Trinajstić information content (AvgIpc) is 2.56. The third kappa shape index (κ3) is 5.33. The summed E-state index contributed by atoms with van der Waals surface area (Å²) in [5.74, 6) is 0.676. The Bertz CT molecular complexity index is 383. The smallest absolute Gasteiger partial charge is 0.0666 e. The van der Waals surface area contributed by atoms with Crippen molar-refractivity contribution in [2.45, 2.75) is 60.7 Å². The number of hydrogen-bond acceptors (Lipinski definition) is 3. The fourth-order valence-electron chi connectivity index (χ4n) is 2.07. The molecule has 1 heterocycles. The molecular formula is C15H29N3O. The number of aryl methyl sites for hydroxylation is 1. The Labute approximate surface area is 117 Å². The summed E-state index contributed by atoms with van der Waals surface area (Å²) in [6.07, 6.45) is 0.282. The van der Waals surface area contributed by atoms with Crippen LogP contribution in [0.15, 0.2) is 0 Å². The molecule has 0 spiro atoms. The number of rotatable bonds is 8. The van der Waals surface area contributed by atoms with E-state index in [1.54, 1.807) is 0 Å². The quantitative estimate of drug-likeness (QED) is 0.787. The summed E-state index contributed by atoms with van der Waals surface area (Å²) in [6.45, 7) is 16.3. The molecule has 0 amide bonds. The lowest BCUT2D eigenvalue weighted by Gasteiger charge is -2.10. The minimum atomic E-state index is 0.282. The number of nitrogens with zero attached hydrogens (tertiary/aromatic N) is 2. The number of ether oxygens (including phenoxy) is 1. The number of nitrogens with one attached hydrogen (secondary N) is 1. The van der Waals surface area contributed by atoms with Crippen molar-refractivity contribution in [3.63, 3.8) is 0 Å². The van der Waals surface area contributed by atoms with Crippen molar-refractivity contribution in [2.75, 3.05) is 13.2 Å². The van der Waals surface area contributed by atoms with Gasteiger partial charge in [-0.2, -0.15) is 5.10 Å². The van der Waals surface area contributed by atoms with Gasteiger partial charge in [0.2, 0.25) is 0 Å². The first kappa shape index (κ1) is 16.2. The largest absolute Gasteiger partial charge is 0.377 e. The molecule has 1 rings (SSSR count). The monoisotopic (exact) mass is 267 g/mol. The van der Waals surface area contributed by atoms with Crippen LogP contribution in [0.1, 0.15) is 44.6 Å². The van der Waals surface area contributed by atoms with Crippen LogP contribution >= 0.6 is 0 Å². The Balaban J connectivity index is 2.55. The van der Waals surface area contributed by atoms with E-state index in [0.29, 0.717) is 5.92 Å². The van der Waals surface area contributed by atoms with Crippen molar-refractivity contribution < 1.29 is 4.74 Å². The zero-order valence-corrected chi connectivity index (χ0v) is 13.3. The van der Waals surface area contributed by atoms with Crippen molar-refractivity contribution in [3.8, 4) is 0 Å². The molecule has 0 bridgehead atoms. The molecule has 0 aliphatic carbocycles. The fourth-order valence-corrected chi connectivity index (χ4v) is 2.07. The molecule has 0 aliphatic rings. The molecule has 0 saturated heterocycles. The van der Waals surface area contributed by atoms with Gasteiger partial charge in [0.05, 0.1) is 24.9 Å². The van der Waals surface area contributed by atoms with Crippen LogP contribution in [0.4, 0.5) is 0 Å². The highest BCUT2D eigenvalue weighted by Gasteiger charge is 2.11. The zero-order valence-electron chi connectivity index (χ0n) is 13.3. The Morgan fingerprint density at radius 2 is 1.89 bits per heavy atom. The second-order valence-corrected chi connectivity index (χ2v) is 5.82. The second kappa shape index (κ2) is 7.65. The maximum Gasteiger partial charge on any atom is 0.0666 e. The lowest BCUT2D eigenvalue weighted by molar-refractivity contribution is 0.0706. The molecule has 0 aromatic carbocycles. The van der Waals surface area contributed by atoms with Crippen molar-refractivity contribution in [2.24, 2.45) is 5.92 Å². The SMILES string of the molecule is Cc1nn(CCOC(C)C)c(C)c1CNCC(C)C. The third-order valence-electron chi connectivity index (χ3n) is 3.14. The van der Waals surface area contributed by atoms with Gasteiger partial charge in [-0.3, -0.25) is 4.68 Å². The summed E-state index contributed by atoms with van der Waals surface area (Å²) >= 11 is 0. The minimum absolute atomic E-state index is 0.282. The van der Waals surface area contributed by atoms with E-state index in [-0.39, 0.29) is 6.10 Å². The highest BCUT2D eigenvalue weighted by atomic mass is 16.5. The van der Waals surface area contributed by atoms with E-state index >= 15 is 0 Å². The molecule has 0 atom stereocenters. The topological polar surface area (TPSA) is 39.1 Å². The molecule has 1 aromatic rings. The van der Waals surface area contributed by atoms with Gasteiger partial charge in [0.1, 0.15) is 0 Å². The molecular weight excluding hydrogens is 238 g/mol. The van der Waals surface area contributed by atoms with Crippen LogP contribution in [0.2, 0.25) is 0 Å². The predicted octanol–water partition coefficient (Wildman–Crippen LogP) is 2.67. The first-order valence-electron chi connectivity index (χ1n) is 7.27. The van der Waals surface area contributed by atoms with Crippen molar-refractivity contribution >= 4 is 0 Å². The van der Waals surface area contributed by atoms with Crippen molar-refractivity contribution in [1.29, 1.82) is 0 Å². The molecule has 0 saturated carbocycles. The summed E-state index contributed by atoms with van der Waals surface area (Å²) in [4.78, 5) is 0. The Morgan fingerprint density at radius 3 is 2.47 bits per heavy atom. The highest BCUT2D eigenvalue weighted by Crippen LogP contribution is 2.13. The highest BCUT2D eigenvalue weighted by molar-refractivity contribution is 5.24. The predicted molar refractivity (Wildman–Crippen MR) is 79.3 cm³/mol. The molecule has 19 heavy (non-hydrogen) atoms. The normalized spacial score (nSPS) is 11.8. The summed E-state index contributed by atoms with van der Waals surface area (Å²) in [6, 6.07) is 0. The van der Waals surface area contributed by atoms with E-state index in [1.165, 1.54) is 11.3 Å². The van der Waals surface area contributed by atoms with Crippen molar-refractivity contribution in [3.05, 3.63) is 17.0 Å². The van der Waals surface area contributed by atoms with Crippen LogP contribution in [0.25, 0.3) is 0 Å². The van der Waals surface area contributed by atoms with E-state index in [1.807, 2.05) is 0 Å². The van der Waals surface area contributed by atoms with E-state index in [4.69, 9.17) is 4.74 Å². The molecule has 4 heteroatoms. The summed E-state index contributed by atoms with van der Waals surface area (Å²) < 4.78 is 7.65. The molecule has 110 valence electrons. The van der Waals surface area contributed by atoms with Crippen LogP contribution in [-0.2, 0) is 17.8 Å². The van der Waals surface area contributed by atoms with E-state index in [2.05, 4.69) is 56.6 Å². The van der Waals surface area contributed by atoms with Gasteiger partial charge in [0, 0.05) is 17.8 Å². The third-order valence-corrected chi connectivity index (χ3v) is 3.14. The second-order valence-electron chi connectivity index (χ2n) is 5.82. The number of aromatic nitrogens is 2. The van der Waals surface area contributed by atoms with E-state index < -0.39 is 0 Å². The first-order valence-corrected chi connectivity index (χ1v) is 7.27. The summed E-state index contributed by atoms with van der Waals surface area (Å²) in [5, 5.41) is 8.09. The molecule has 0 unspecified atom stereocenters. The molecule has 0 radical (unpaired) electrons. The summed E-state index contributed by atoms with van der Waals surface area (Å²) in [7, 11) is 0. The minimum Gasteiger partial charge on any atom is -0.377 e. The van der Waals surface area contributed by atoms with Gasteiger partial charge in [-0.1, -0.05) is 13.8 Å². The maximum absolute atomic E-state index is 5.59. The molecule has 4 nitrogen and oxygen atoms in total. The van der Waals surface area contributed by atoms with E-state index in [0.717, 1.165) is 31.9 Å². The fraction of sp³-hybridized carbons (Fsp3) is 0.800. The van der Waals surface area contributed by atoms with Gasteiger partial charge in [0.15, 0.2) is 0 Å². The van der Waals surface area contributed by atoms with Crippen LogP contribution < -0.4 is 5.32 Å². The van der Waals surface area contributed by atoms with Crippen LogP contribution in [0.5, 0.6) is 0 Å². The zero-order chi connectivity index (χ0) is 14.4. The van der Waals surface area contributed by atoms with Gasteiger partial charge in [-0.25, -0.2) is 0 Å². The van der Waals surface area contributed by atoms with Gasteiger partial charge in [-0.05, 0) is 40.2 Å². The van der Waals surface area contributed by atoms with Crippen LogP contribution in [0.3, 0.4) is 0 Å². The Kier molecular flexibility index (Phi) is 6.52. The lowest BCUT2D eigenvalue weighted by Crippen LogP contribution is -2.20. The van der Waals surface area contributed by atoms with Crippen LogP contribution in [0, 0.1) is 19.8 Å².